The largest absolute Gasteiger partial charge is 0.453 e. The molecule has 4 heteroatoms. The summed E-state index contributed by atoms with van der Waals surface area (Å²) in [6.45, 7) is 7.58. The first-order chi connectivity index (χ1) is 7.08. The van der Waals surface area contributed by atoms with Gasteiger partial charge in [0.2, 0.25) is 0 Å². The fraction of sp³-hybridized carbons (Fsp3) is 0.182. The molecule has 15 heavy (non-hydrogen) atoms. The van der Waals surface area contributed by atoms with E-state index >= 15 is 0 Å². The molecular formula is C11H12N2OS. The van der Waals surface area contributed by atoms with E-state index in [-0.39, 0.29) is 0 Å². The molecule has 2 aromatic heterocycles. The van der Waals surface area contributed by atoms with Crippen LogP contribution in [0.3, 0.4) is 0 Å². The lowest BCUT2D eigenvalue weighted by atomic mass is 10.2. The van der Waals surface area contributed by atoms with E-state index in [1.807, 2.05) is 26.0 Å². The van der Waals surface area contributed by atoms with Crippen LogP contribution in [0.15, 0.2) is 23.1 Å². The molecule has 0 bridgehead atoms. The van der Waals surface area contributed by atoms with Gasteiger partial charge in [-0.15, -0.1) is 0 Å². The molecule has 78 valence electrons. The number of rotatable bonds is 2. The van der Waals surface area contributed by atoms with Crippen LogP contribution in [-0.2, 0) is 0 Å². The molecule has 0 radical (unpaired) electrons. The van der Waals surface area contributed by atoms with E-state index in [4.69, 9.17) is 10.2 Å². The maximum atomic E-state index is 5.62. The Morgan fingerprint density at radius 2 is 2.20 bits per heavy atom. The van der Waals surface area contributed by atoms with Gasteiger partial charge in [-0.05, 0) is 43.1 Å². The van der Waals surface area contributed by atoms with Crippen molar-refractivity contribution in [3.8, 4) is 10.6 Å². The molecule has 0 atom stereocenters. The summed E-state index contributed by atoms with van der Waals surface area (Å²) in [6.07, 6.45) is 0. The number of aromatic nitrogens is 1. The van der Waals surface area contributed by atoms with Crippen LogP contribution in [0.1, 0.15) is 17.0 Å². The molecule has 0 spiro atoms. The zero-order valence-corrected chi connectivity index (χ0v) is 9.52. The number of hydrogen-bond acceptors (Lipinski definition) is 4. The average molecular weight is 220 g/mol. The van der Waals surface area contributed by atoms with E-state index in [0.29, 0.717) is 11.5 Å². The maximum absolute atomic E-state index is 5.62. The highest BCUT2D eigenvalue weighted by Gasteiger charge is 2.12. The van der Waals surface area contributed by atoms with Gasteiger partial charge >= 0.3 is 0 Å². The fourth-order valence-electron chi connectivity index (χ4n) is 1.40. The molecule has 0 amide bonds. The van der Waals surface area contributed by atoms with Gasteiger partial charge in [-0.2, -0.15) is 4.37 Å². The Balaban J connectivity index is 2.46. The highest BCUT2D eigenvalue weighted by molar-refractivity contribution is 7.09. The molecule has 0 fully saturated rings. The average Bonchev–Trinajstić information content (AvgIpc) is 2.71. The topological polar surface area (TPSA) is 52.0 Å². The van der Waals surface area contributed by atoms with Crippen molar-refractivity contribution in [1.29, 1.82) is 0 Å². The summed E-state index contributed by atoms with van der Waals surface area (Å²) in [5, 5.41) is 0. The predicted molar refractivity (Wildman–Crippen MR) is 62.5 cm³/mol. The molecule has 0 saturated carbocycles. The smallest absolute Gasteiger partial charge is 0.152 e. The van der Waals surface area contributed by atoms with Crippen LogP contribution < -0.4 is 5.73 Å². The Morgan fingerprint density at radius 1 is 1.47 bits per heavy atom. The SMILES string of the molecule is C=C(N)c1oc(-c2cc(C)ns2)cc1C. The van der Waals surface area contributed by atoms with Crippen molar-refractivity contribution in [2.45, 2.75) is 13.8 Å². The lowest BCUT2D eigenvalue weighted by Gasteiger charge is -1.94. The third-order valence-electron chi connectivity index (χ3n) is 2.08. The Bertz CT molecular complexity index is 510. The zero-order valence-electron chi connectivity index (χ0n) is 8.70. The highest BCUT2D eigenvalue weighted by atomic mass is 32.1. The van der Waals surface area contributed by atoms with Crippen molar-refractivity contribution in [2.75, 3.05) is 0 Å². The first-order valence-corrected chi connectivity index (χ1v) is 5.34. The highest BCUT2D eigenvalue weighted by Crippen LogP contribution is 2.30. The minimum absolute atomic E-state index is 0.458. The van der Waals surface area contributed by atoms with Gasteiger partial charge in [-0.3, -0.25) is 0 Å². The fourth-order valence-corrected chi connectivity index (χ4v) is 2.11. The molecule has 2 aromatic rings. The van der Waals surface area contributed by atoms with Crippen molar-refractivity contribution in [1.82, 2.24) is 4.37 Å². The Morgan fingerprint density at radius 3 is 2.67 bits per heavy atom. The normalized spacial score (nSPS) is 10.5. The number of hydrogen-bond donors (Lipinski definition) is 1. The van der Waals surface area contributed by atoms with Crippen LogP contribution in [-0.4, -0.2) is 4.37 Å². The summed E-state index contributed by atoms with van der Waals surface area (Å²) in [6, 6.07) is 3.95. The molecule has 0 unspecified atom stereocenters. The molecule has 2 N–H and O–H groups in total. The van der Waals surface area contributed by atoms with Crippen LogP contribution in [0.2, 0.25) is 0 Å². The van der Waals surface area contributed by atoms with E-state index < -0.39 is 0 Å². The predicted octanol–water partition coefficient (Wildman–Crippen LogP) is 2.95. The van der Waals surface area contributed by atoms with E-state index in [1.54, 1.807) is 0 Å². The van der Waals surface area contributed by atoms with Gasteiger partial charge in [0.05, 0.1) is 16.3 Å². The van der Waals surface area contributed by atoms with Crippen LogP contribution >= 0.6 is 11.5 Å². The summed E-state index contributed by atoms with van der Waals surface area (Å²) < 4.78 is 9.83. The summed E-state index contributed by atoms with van der Waals surface area (Å²) >= 11 is 1.42. The monoisotopic (exact) mass is 220 g/mol. The maximum Gasteiger partial charge on any atom is 0.152 e. The van der Waals surface area contributed by atoms with Gasteiger partial charge in [0.15, 0.2) is 5.76 Å². The van der Waals surface area contributed by atoms with Crippen LogP contribution in [0.5, 0.6) is 0 Å². The Kier molecular flexibility index (Phi) is 2.36. The van der Waals surface area contributed by atoms with Crippen molar-refractivity contribution < 1.29 is 4.42 Å². The molecule has 2 heterocycles. The van der Waals surface area contributed by atoms with Gasteiger partial charge in [0, 0.05) is 0 Å². The van der Waals surface area contributed by atoms with E-state index in [1.165, 1.54) is 11.5 Å². The summed E-state index contributed by atoms with van der Waals surface area (Å²) in [5.41, 5.74) is 8.07. The first kappa shape index (κ1) is 9.98. The van der Waals surface area contributed by atoms with Gasteiger partial charge in [-0.25, -0.2) is 0 Å². The first-order valence-electron chi connectivity index (χ1n) is 4.57. The van der Waals surface area contributed by atoms with Crippen molar-refractivity contribution in [2.24, 2.45) is 5.73 Å². The molecule has 0 aliphatic rings. The molecule has 0 saturated heterocycles. The molecule has 0 aliphatic carbocycles. The van der Waals surface area contributed by atoms with Crippen LogP contribution in [0, 0.1) is 13.8 Å². The Hall–Kier alpha value is -1.55. The van der Waals surface area contributed by atoms with Gasteiger partial charge in [-0.1, -0.05) is 6.58 Å². The molecular weight excluding hydrogens is 208 g/mol. The summed E-state index contributed by atoms with van der Waals surface area (Å²) in [5.74, 6) is 1.47. The van der Waals surface area contributed by atoms with Gasteiger partial charge < -0.3 is 10.2 Å². The van der Waals surface area contributed by atoms with Crippen LogP contribution in [0.25, 0.3) is 16.3 Å². The second kappa shape index (κ2) is 3.55. The van der Waals surface area contributed by atoms with Gasteiger partial charge in [0.25, 0.3) is 0 Å². The second-order valence-corrected chi connectivity index (χ2v) is 4.29. The lowest BCUT2D eigenvalue weighted by Crippen LogP contribution is -1.92. The van der Waals surface area contributed by atoms with Crippen LogP contribution in [0.4, 0.5) is 0 Å². The van der Waals surface area contributed by atoms with Crippen molar-refractivity contribution >= 4 is 17.2 Å². The second-order valence-electron chi connectivity index (χ2n) is 3.48. The Labute approximate surface area is 92.4 Å². The molecule has 0 aliphatic heterocycles. The quantitative estimate of drug-likeness (QED) is 0.846. The minimum Gasteiger partial charge on any atom is -0.453 e. The van der Waals surface area contributed by atoms with E-state index in [2.05, 4.69) is 11.0 Å². The molecule has 2 rings (SSSR count). The van der Waals surface area contributed by atoms with Gasteiger partial charge in [0.1, 0.15) is 5.76 Å². The number of aryl methyl sites for hydroxylation is 2. The lowest BCUT2D eigenvalue weighted by molar-refractivity contribution is 0.566. The minimum atomic E-state index is 0.458. The summed E-state index contributed by atoms with van der Waals surface area (Å²) in [7, 11) is 0. The molecule has 0 aromatic carbocycles. The third kappa shape index (κ3) is 1.80. The van der Waals surface area contributed by atoms with E-state index in [9.17, 15) is 0 Å². The number of nitrogens with two attached hydrogens (primary N) is 1. The number of nitrogens with zero attached hydrogens (tertiary/aromatic N) is 1. The molecule has 3 nitrogen and oxygen atoms in total. The van der Waals surface area contributed by atoms with Crippen molar-refractivity contribution in [3.63, 3.8) is 0 Å². The summed E-state index contributed by atoms with van der Waals surface area (Å²) in [4.78, 5) is 1.02. The zero-order chi connectivity index (χ0) is 11.0. The van der Waals surface area contributed by atoms with Crippen molar-refractivity contribution in [3.05, 3.63) is 35.7 Å². The standard InChI is InChI=1S/C11H12N2OS/c1-6-4-9(14-11(6)8(3)12)10-5-7(2)13-15-10/h4-5H,3,12H2,1-2H3. The third-order valence-corrected chi connectivity index (χ3v) is 2.98. The van der Waals surface area contributed by atoms with E-state index in [0.717, 1.165) is 21.9 Å². The number of furan rings is 1.